The van der Waals surface area contributed by atoms with Gasteiger partial charge in [-0.15, -0.1) is 0 Å². The molecule has 0 saturated carbocycles. The van der Waals surface area contributed by atoms with E-state index in [1.54, 1.807) is 0 Å². The van der Waals surface area contributed by atoms with Gasteiger partial charge in [0.25, 0.3) is 0 Å². The molecule has 4 heteroatoms. The maximum absolute atomic E-state index is 10.7. The Morgan fingerprint density at radius 1 is 1.09 bits per heavy atom. The highest BCUT2D eigenvalue weighted by Gasteiger charge is 2.20. The number of amides is 2. The SMILES string of the molecule is C.C.CCC.CCC.CCCC(N)=O.CC[C@@H]1CCNC1=O. The van der Waals surface area contributed by atoms with Crippen LogP contribution in [0.15, 0.2) is 0 Å². The largest absolute Gasteiger partial charge is 0.370 e. The minimum atomic E-state index is -0.211. The standard InChI is InChI=1S/C6H11NO.C4H9NO.2C3H8.2CH4/c1-2-5-3-4-7-6(5)8;1-2-3-4(5)6;2*1-3-2;;/h5H,2-4H2,1H3,(H,7,8);2-3H2,1H3,(H2,5,6);2*3H2,1-2H3;2*1H4/t5-;;;;;/m1...../s1. The van der Waals surface area contributed by atoms with Gasteiger partial charge in [0, 0.05) is 18.9 Å². The lowest BCUT2D eigenvalue weighted by atomic mass is 10.1. The fraction of sp³-hybridized carbons (Fsp3) is 0.889. The van der Waals surface area contributed by atoms with Crippen molar-refractivity contribution < 1.29 is 9.59 Å². The monoisotopic (exact) mass is 320 g/mol. The normalized spacial score (nSPS) is 14.1. The zero-order valence-electron chi connectivity index (χ0n) is 14.4. The third-order valence-electron chi connectivity index (χ3n) is 2.15. The number of primary amides is 1. The molecule has 2 amide bonds. The van der Waals surface area contributed by atoms with Crippen LogP contribution in [0.2, 0.25) is 0 Å². The zero-order chi connectivity index (χ0) is 16.4. The van der Waals surface area contributed by atoms with E-state index in [0.717, 1.165) is 25.8 Å². The molecule has 1 saturated heterocycles. The summed E-state index contributed by atoms with van der Waals surface area (Å²) < 4.78 is 0. The van der Waals surface area contributed by atoms with Crippen LogP contribution in [-0.2, 0) is 9.59 Å². The second-order valence-electron chi connectivity index (χ2n) is 4.82. The molecule has 3 N–H and O–H groups in total. The predicted octanol–water partition coefficient (Wildman–Crippen LogP) is 4.91. The summed E-state index contributed by atoms with van der Waals surface area (Å²) in [5.74, 6) is 0.347. The highest BCUT2D eigenvalue weighted by molar-refractivity contribution is 5.80. The van der Waals surface area contributed by atoms with Gasteiger partial charge < -0.3 is 11.1 Å². The number of hydrogen-bond donors (Lipinski definition) is 2. The molecule has 0 aromatic carbocycles. The summed E-state index contributed by atoms with van der Waals surface area (Å²) in [4.78, 5) is 20.5. The van der Waals surface area contributed by atoms with Gasteiger partial charge in [-0.05, 0) is 19.3 Å². The molecule has 0 unspecified atom stereocenters. The molecule has 1 fully saturated rings. The second-order valence-corrected chi connectivity index (χ2v) is 4.82. The third kappa shape index (κ3) is 31.4. The molecule has 0 aliphatic carbocycles. The number of nitrogens with two attached hydrogens (primary N) is 1. The van der Waals surface area contributed by atoms with E-state index in [0.29, 0.717) is 12.3 Å². The molecule has 0 aromatic rings. The average molecular weight is 321 g/mol. The predicted molar refractivity (Wildman–Crippen MR) is 101 cm³/mol. The molecule has 1 aliphatic rings. The van der Waals surface area contributed by atoms with Crippen LogP contribution in [0.4, 0.5) is 0 Å². The van der Waals surface area contributed by atoms with Crippen molar-refractivity contribution in [2.24, 2.45) is 11.7 Å². The fourth-order valence-electron chi connectivity index (χ4n) is 1.28. The number of carbonyl (C=O) groups excluding carboxylic acids is 2. The smallest absolute Gasteiger partial charge is 0.223 e. The topological polar surface area (TPSA) is 72.2 Å². The van der Waals surface area contributed by atoms with Gasteiger partial charge in [0.05, 0.1) is 0 Å². The maximum atomic E-state index is 10.7. The zero-order valence-corrected chi connectivity index (χ0v) is 14.4. The molecular formula is C18H44N2O2. The van der Waals surface area contributed by atoms with Gasteiger partial charge >= 0.3 is 0 Å². The lowest BCUT2D eigenvalue weighted by Gasteiger charge is -1.97. The Hall–Kier alpha value is -1.06. The summed E-state index contributed by atoms with van der Waals surface area (Å²) in [7, 11) is 0. The Morgan fingerprint density at radius 2 is 1.50 bits per heavy atom. The molecule has 0 aromatic heterocycles. The second kappa shape index (κ2) is 28.2. The Labute approximate surface area is 140 Å². The van der Waals surface area contributed by atoms with Crippen molar-refractivity contribution in [3.05, 3.63) is 0 Å². The van der Waals surface area contributed by atoms with Crippen LogP contribution in [0, 0.1) is 5.92 Å². The first kappa shape index (κ1) is 32.8. The quantitative estimate of drug-likeness (QED) is 0.775. The molecule has 1 heterocycles. The van der Waals surface area contributed by atoms with Crippen LogP contribution in [0.5, 0.6) is 0 Å². The molecule has 4 nitrogen and oxygen atoms in total. The molecule has 1 atom stereocenters. The fourth-order valence-corrected chi connectivity index (χ4v) is 1.28. The van der Waals surface area contributed by atoms with E-state index in [4.69, 9.17) is 5.73 Å². The first-order chi connectivity index (χ1) is 9.44. The first-order valence-corrected chi connectivity index (χ1v) is 8.00. The van der Waals surface area contributed by atoms with E-state index in [-0.39, 0.29) is 26.7 Å². The summed E-state index contributed by atoms with van der Waals surface area (Å²) in [5, 5.41) is 2.78. The van der Waals surface area contributed by atoms with Crippen molar-refractivity contribution in [1.29, 1.82) is 0 Å². The number of nitrogens with one attached hydrogen (secondary N) is 1. The van der Waals surface area contributed by atoms with Gasteiger partial charge in [-0.3, -0.25) is 9.59 Å². The van der Waals surface area contributed by atoms with Gasteiger partial charge in [-0.25, -0.2) is 0 Å². The summed E-state index contributed by atoms with van der Waals surface area (Å²) in [6, 6.07) is 0. The van der Waals surface area contributed by atoms with Crippen LogP contribution >= 0.6 is 0 Å². The molecule has 138 valence electrons. The van der Waals surface area contributed by atoms with Crippen molar-refractivity contribution >= 4 is 11.8 Å². The van der Waals surface area contributed by atoms with E-state index in [2.05, 4.69) is 39.9 Å². The molecule has 0 bridgehead atoms. The molecule has 0 spiro atoms. The van der Waals surface area contributed by atoms with Gasteiger partial charge in [0.15, 0.2) is 0 Å². The van der Waals surface area contributed by atoms with E-state index in [1.807, 2.05) is 6.92 Å². The Balaban J connectivity index is -0.0000000620. The van der Waals surface area contributed by atoms with Gasteiger partial charge in [-0.2, -0.15) is 0 Å². The van der Waals surface area contributed by atoms with Crippen molar-refractivity contribution in [1.82, 2.24) is 5.32 Å². The van der Waals surface area contributed by atoms with E-state index >= 15 is 0 Å². The minimum Gasteiger partial charge on any atom is -0.370 e. The summed E-state index contributed by atoms with van der Waals surface area (Å²) in [6.45, 7) is 13.4. The van der Waals surface area contributed by atoms with Gasteiger partial charge in [0.1, 0.15) is 0 Å². The number of carbonyl (C=O) groups is 2. The van der Waals surface area contributed by atoms with E-state index < -0.39 is 0 Å². The van der Waals surface area contributed by atoms with Crippen LogP contribution < -0.4 is 11.1 Å². The summed E-state index contributed by atoms with van der Waals surface area (Å²) >= 11 is 0. The lowest BCUT2D eigenvalue weighted by Crippen LogP contribution is -2.18. The highest BCUT2D eigenvalue weighted by Crippen LogP contribution is 2.11. The number of rotatable bonds is 3. The number of hydrogen-bond acceptors (Lipinski definition) is 2. The van der Waals surface area contributed by atoms with Crippen molar-refractivity contribution in [3.63, 3.8) is 0 Å². The molecule has 0 radical (unpaired) electrons. The molecule has 22 heavy (non-hydrogen) atoms. The van der Waals surface area contributed by atoms with E-state index in [1.165, 1.54) is 12.8 Å². The van der Waals surface area contributed by atoms with Crippen LogP contribution in [0.25, 0.3) is 0 Å². The molecule has 1 rings (SSSR count). The van der Waals surface area contributed by atoms with E-state index in [9.17, 15) is 9.59 Å². The Morgan fingerprint density at radius 3 is 1.59 bits per heavy atom. The lowest BCUT2D eigenvalue weighted by molar-refractivity contribution is -0.122. The highest BCUT2D eigenvalue weighted by atomic mass is 16.2. The van der Waals surface area contributed by atoms with Crippen molar-refractivity contribution in [3.8, 4) is 0 Å². The Kier molecular flexibility index (Phi) is 41.9. The molecular weight excluding hydrogens is 276 g/mol. The van der Waals surface area contributed by atoms with Crippen LogP contribution in [-0.4, -0.2) is 18.4 Å². The van der Waals surface area contributed by atoms with Crippen molar-refractivity contribution in [2.75, 3.05) is 6.54 Å². The minimum absolute atomic E-state index is 0. The summed E-state index contributed by atoms with van der Waals surface area (Å²) in [6.07, 6.45) is 5.90. The Bertz CT molecular complexity index is 217. The summed E-state index contributed by atoms with van der Waals surface area (Å²) in [5.41, 5.74) is 4.76. The average Bonchev–Trinajstić information content (AvgIpc) is 2.77. The van der Waals surface area contributed by atoms with Crippen LogP contribution in [0.1, 0.15) is 94.9 Å². The van der Waals surface area contributed by atoms with Gasteiger partial charge in [-0.1, -0.05) is 69.2 Å². The first-order valence-electron chi connectivity index (χ1n) is 8.00. The van der Waals surface area contributed by atoms with Gasteiger partial charge in [0.2, 0.25) is 11.8 Å². The van der Waals surface area contributed by atoms with Crippen molar-refractivity contribution in [2.45, 2.75) is 94.9 Å². The maximum Gasteiger partial charge on any atom is 0.223 e. The third-order valence-corrected chi connectivity index (χ3v) is 2.15. The molecule has 1 aliphatic heterocycles. The van der Waals surface area contributed by atoms with Crippen LogP contribution in [0.3, 0.4) is 0 Å².